The summed E-state index contributed by atoms with van der Waals surface area (Å²) in [4.78, 5) is 12.0. The molecule has 21 heavy (non-hydrogen) atoms. The molecule has 0 saturated heterocycles. The number of nitrogens with one attached hydrogen (secondary N) is 1. The van der Waals surface area contributed by atoms with Gasteiger partial charge >= 0.3 is 0 Å². The molecule has 0 radical (unpaired) electrons. The molecule has 0 spiro atoms. The highest BCUT2D eigenvalue weighted by molar-refractivity contribution is 9.10. The quantitative estimate of drug-likeness (QED) is 0.891. The molecule has 0 saturated carbocycles. The Labute approximate surface area is 130 Å². The number of rotatable bonds is 2. The maximum absolute atomic E-state index is 12.4. The van der Waals surface area contributed by atoms with E-state index in [-0.39, 0.29) is 10.8 Å². The standard InChI is InChI=1S/C15H10BrNO3S/c16-10-6-7-12-13(8-10)14(17-15(12)18)9-21(19,20)11-4-2-1-3-5-11/h1-9H,(H,17,18)/b14-9+. The van der Waals surface area contributed by atoms with Crippen LogP contribution in [0.25, 0.3) is 5.70 Å². The van der Waals surface area contributed by atoms with Crippen LogP contribution in [0.3, 0.4) is 0 Å². The molecule has 3 rings (SSSR count). The number of amides is 1. The van der Waals surface area contributed by atoms with Crippen LogP contribution >= 0.6 is 15.9 Å². The molecule has 106 valence electrons. The number of benzene rings is 2. The van der Waals surface area contributed by atoms with Crippen molar-refractivity contribution in [1.29, 1.82) is 0 Å². The van der Waals surface area contributed by atoms with Crippen LogP contribution in [0.5, 0.6) is 0 Å². The molecule has 1 aliphatic heterocycles. The van der Waals surface area contributed by atoms with Crippen LogP contribution in [0.15, 0.2) is 63.3 Å². The third-order valence-electron chi connectivity index (χ3n) is 3.11. The van der Waals surface area contributed by atoms with Crippen molar-refractivity contribution in [3.8, 4) is 0 Å². The van der Waals surface area contributed by atoms with Crippen molar-refractivity contribution in [2.45, 2.75) is 4.90 Å². The van der Waals surface area contributed by atoms with Gasteiger partial charge in [0.25, 0.3) is 5.91 Å². The Balaban J connectivity index is 2.11. The summed E-state index contributed by atoms with van der Waals surface area (Å²) in [5.41, 5.74) is 1.33. The fourth-order valence-corrected chi connectivity index (χ4v) is 3.65. The minimum Gasteiger partial charge on any atom is -0.321 e. The SMILES string of the molecule is O=C1N/C(=C/S(=O)(=O)c2ccccc2)c2cc(Br)ccc21. The van der Waals surface area contributed by atoms with Crippen molar-refractivity contribution < 1.29 is 13.2 Å². The summed E-state index contributed by atoms with van der Waals surface area (Å²) in [6, 6.07) is 13.2. The van der Waals surface area contributed by atoms with Gasteiger partial charge in [-0.1, -0.05) is 34.1 Å². The summed E-state index contributed by atoms with van der Waals surface area (Å²) in [5, 5.41) is 3.69. The topological polar surface area (TPSA) is 63.2 Å². The van der Waals surface area contributed by atoms with E-state index in [1.165, 1.54) is 12.1 Å². The number of carbonyl (C=O) groups is 1. The van der Waals surface area contributed by atoms with Crippen molar-refractivity contribution in [3.05, 3.63) is 69.5 Å². The van der Waals surface area contributed by atoms with Gasteiger partial charge in [0.2, 0.25) is 9.84 Å². The molecule has 1 heterocycles. The number of hydrogen-bond donors (Lipinski definition) is 1. The van der Waals surface area contributed by atoms with Crippen LogP contribution in [0, 0.1) is 0 Å². The number of halogens is 1. The molecular formula is C15H10BrNO3S. The molecular weight excluding hydrogens is 354 g/mol. The highest BCUT2D eigenvalue weighted by atomic mass is 79.9. The Hall–Kier alpha value is -1.92. The van der Waals surface area contributed by atoms with E-state index in [4.69, 9.17) is 0 Å². The maximum Gasteiger partial charge on any atom is 0.256 e. The van der Waals surface area contributed by atoms with Crippen LogP contribution in [0.4, 0.5) is 0 Å². The van der Waals surface area contributed by atoms with Crippen LogP contribution in [-0.2, 0) is 9.84 Å². The highest BCUT2D eigenvalue weighted by Gasteiger charge is 2.26. The van der Waals surface area contributed by atoms with Gasteiger partial charge in [-0.05, 0) is 30.3 Å². The zero-order chi connectivity index (χ0) is 15.0. The van der Waals surface area contributed by atoms with Crippen LogP contribution in [0.2, 0.25) is 0 Å². The van der Waals surface area contributed by atoms with Gasteiger partial charge in [0.15, 0.2) is 0 Å². The lowest BCUT2D eigenvalue weighted by atomic mass is 10.1. The normalized spacial score (nSPS) is 15.9. The summed E-state index contributed by atoms with van der Waals surface area (Å²) in [5.74, 6) is -0.299. The molecule has 6 heteroatoms. The first-order chi connectivity index (χ1) is 9.97. The molecule has 2 aromatic carbocycles. The second-order valence-electron chi connectivity index (χ2n) is 4.53. The van der Waals surface area contributed by atoms with E-state index < -0.39 is 9.84 Å². The first kappa shape index (κ1) is 14.0. The van der Waals surface area contributed by atoms with E-state index in [1.54, 1.807) is 36.4 Å². The summed E-state index contributed by atoms with van der Waals surface area (Å²) >= 11 is 3.32. The average molecular weight is 364 g/mol. The molecule has 1 aliphatic rings. The van der Waals surface area contributed by atoms with Gasteiger partial charge in [-0.3, -0.25) is 4.79 Å². The van der Waals surface area contributed by atoms with E-state index >= 15 is 0 Å². The monoisotopic (exact) mass is 363 g/mol. The van der Waals surface area contributed by atoms with Crippen molar-refractivity contribution in [1.82, 2.24) is 5.32 Å². The minimum atomic E-state index is -3.61. The smallest absolute Gasteiger partial charge is 0.256 e. The summed E-state index contributed by atoms with van der Waals surface area (Å²) in [7, 11) is -3.61. The number of sulfone groups is 1. The molecule has 1 N–H and O–H groups in total. The Morgan fingerprint density at radius 2 is 1.71 bits per heavy atom. The van der Waals surface area contributed by atoms with Gasteiger partial charge < -0.3 is 5.32 Å². The molecule has 0 bridgehead atoms. The first-order valence-electron chi connectivity index (χ1n) is 6.10. The second-order valence-corrected chi connectivity index (χ2v) is 7.25. The van der Waals surface area contributed by atoms with E-state index in [0.29, 0.717) is 16.8 Å². The molecule has 1 amide bonds. The van der Waals surface area contributed by atoms with Gasteiger partial charge in [-0.15, -0.1) is 0 Å². The van der Waals surface area contributed by atoms with Crippen molar-refractivity contribution in [3.63, 3.8) is 0 Å². The zero-order valence-corrected chi connectivity index (χ0v) is 13.1. The summed E-state index contributed by atoms with van der Waals surface area (Å²) in [6.07, 6.45) is 0. The fraction of sp³-hybridized carbons (Fsp3) is 0. The third-order valence-corrected chi connectivity index (χ3v) is 5.08. The molecule has 0 aliphatic carbocycles. The van der Waals surface area contributed by atoms with Crippen LogP contribution < -0.4 is 5.32 Å². The lowest BCUT2D eigenvalue weighted by Crippen LogP contribution is -2.13. The molecule has 0 unspecified atom stereocenters. The maximum atomic E-state index is 12.4. The largest absolute Gasteiger partial charge is 0.321 e. The predicted octanol–water partition coefficient (Wildman–Crippen LogP) is 2.96. The van der Waals surface area contributed by atoms with Crippen LogP contribution in [0.1, 0.15) is 15.9 Å². The lowest BCUT2D eigenvalue weighted by Gasteiger charge is -2.03. The van der Waals surface area contributed by atoms with Crippen molar-refractivity contribution in [2.24, 2.45) is 0 Å². The zero-order valence-electron chi connectivity index (χ0n) is 10.7. The lowest BCUT2D eigenvalue weighted by molar-refractivity contribution is 0.0981. The molecule has 0 aromatic heterocycles. The van der Waals surface area contributed by atoms with Gasteiger partial charge in [0.1, 0.15) is 0 Å². The summed E-state index contributed by atoms with van der Waals surface area (Å²) < 4.78 is 25.5. The van der Waals surface area contributed by atoms with Gasteiger partial charge in [-0.2, -0.15) is 0 Å². The van der Waals surface area contributed by atoms with E-state index in [9.17, 15) is 13.2 Å². The van der Waals surface area contributed by atoms with Crippen molar-refractivity contribution >= 4 is 37.4 Å². The molecule has 0 atom stereocenters. The van der Waals surface area contributed by atoms with Gasteiger partial charge in [0, 0.05) is 15.6 Å². The number of fused-ring (bicyclic) bond motifs is 1. The van der Waals surface area contributed by atoms with Crippen LogP contribution in [-0.4, -0.2) is 14.3 Å². The molecule has 2 aromatic rings. The Bertz CT molecular complexity index is 858. The van der Waals surface area contributed by atoms with E-state index in [1.807, 2.05) is 0 Å². The van der Waals surface area contributed by atoms with Gasteiger partial charge in [0.05, 0.1) is 16.0 Å². The minimum absolute atomic E-state index is 0.190. The number of hydrogen-bond acceptors (Lipinski definition) is 3. The van der Waals surface area contributed by atoms with E-state index in [2.05, 4.69) is 21.2 Å². The Morgan fingerprint density at radius 3 is 2.43 bits per heavy atom. The summed E-state index contributed by atoms with van der Waals surface area (Å²) in [6.45, 7) is 0. The number of carbonyl (C=O) groups excluding carboxylic acids is 1. The van der Waals surface area contributed by atoms with Crippen molar-refractivity contribution in [2.75, 3.05) is 0 Å². The van der Waals surface area contributed by atoms with E-state index in [0.717, 1.165) is 9.88 Å². The average Bonchev–Trinajstić information content (AvgIpc) is 2.75. The molecule has 4 nitrogen and oxygen atoms in total. The highest BCUT2D eigenvalue weighted by Crippen LogP contribution is 2.29. The predicted molar refractivity (Wildman–Crippen MR) is 83.2 cm³/mol. The Kier molecular flexibility index (Phi) is 3.43. The second kappa shape index (κ2) is 5.13. The fourth-order valence-electron chi connectivity index (χ4n) is 2.12. The first-order valence-corrected chi connectivity index (χ1v) is 8.44. The third kappa shape index (κ3) is 2.64. The Morgan fingerprint density at radius 1 is 1.00 bits per heavy atom. The van der Waals surface area contributed by atoms with Gasteiger partial charge in [-0.25, -0.2) is 8.42 Å². The molecule has 0 fully saturated rings.